The van der Waals surface area contributed by atoms with Gasteiger partial charge in [0.2, 0.25) is 6.23 Å². The number of amidine groups is 1. The monoisotopic (exact) mass is 1070 g/mol. The Bertz CT molecular complexity index is 2540. The van der Waals surface area contributed by atoms with E-state index in [0.29, 0.717) is 35.1 Å². The number of urea groups is 1. The molecule has 2 unspecified atom stereocenters. The number of ether oxygens (including phenoxy) is 3. The first-order valence-corrected chi connectivity index (χ1v) is 30.3. The molecule has 0 radical (unpaired) electrons. The van der Waals surface area contributed by atoms with Crippen molar-refractivity contribution in [2.75, 3.05) is 32.2 Å². The average molecular weight is 1070 g/mol. The SMILES string of the molecule is CCCCCCCCCCCCCCCCCCN1C(C(C(=O)Nc2ccc(OC)cc2Sc2ccccc2OCCCCCCCC)N2C(=O)C(OCC)N(Cc3ccccc3)C2=O)=Nc2ccccc2S1(=O)=O. The van der Waals surface area contributed by atoms with Crippen LogP contribution in [0.2, 0.25) is 0 Å². The van der Waals surface area contributed by atoms with Gasteiger partial charge in [0.15, 0.2) is 11.9 Å². The summed E-state index contributed by atoms with van der Waals surface area (Å²) in [6.07, 6.45) is 23.9. The molecule has 408 valence electrons. The number of sulfonamides is 1. The fourth-order valence-corrected chi connectivity index (χ4v) is 12.3. The van der Waals surface area contributed by atoms with Crippen molar-refractivity contribution in [1.29, 1.82) is 0 Å². The molecular formula is C60H83N5O8S2. The maximum absolute atomic E-state index is 15.5. The van der Waals surface area contributed by atoms with E-state index in [0.717, 1.165) is 64.6 Å². The zero-order chi connectivity index (χ0) is 53.3. The highest BCUT2D eigenvalue weighted by Gasteiger charge is 2.54. The fourth-order valence-electron chi connectivity index (χ4n) is 9.70. The van der Waals surface area contributed by atoms with Crippen molar-refractivity contribution < 1.29 is 37.0 Å². The molecule has 1 saturated heterocycles. The van der Waals surface area contributed by atoms with Crippen LogP contribution in [0.1, 0.15) is 168 Å². The van der Waals surface area contributed by atoms with Gasteiger partial charge < -0.3 is 19.5 Å². The lowest BCUT2D eigenvalue weighted by molar-refractivity contribution is -0.144. The van der Waals surface area contributed by atoms with E-state index >= 15 is 4.79 Å². The second kappa shape index (κ2) is 31.6. The molecule has 15 heteroatoms. The first-order valence-electron chi connectivity index (χ1n) is 28.0. The third-order valence-corrected chi connectivity index (χ3v) is 16.8. The molecule has 2 atom stereocenters. The van der Waals surface area contributed by atoms with Gasteiger partial charge in [0.05, 0.1) is 36.5 Å². The van der Waals surface area contributed by atoms with Crippen LogP contribution < -0.4 is 14.8 Å². The highest BCUT2D eigenvalue weighted by Crippen LogP contribution is 2.41. The van der Waals surface area contributed by atoms with E-state index in [-0.39, 0.29) is 36.1 Å². The van der Waals surface area contributed by atoms with Crippen LogP contribution in [0.4, 0.5) is 16.2 Å². The molecule has 13 nitrogen and oxygen atoms in total. The number of hydrogen-bond donors (Lipinski definition) is 1. The first-order chi connectivity index (χ1) is 36.6. The van der Waals surface area contributed by atoms with Crippen LogP contribution in [0.3, 0.4) is 0 Å². The van der Waals surface area contributed by atoms with Crippen molar-refractivity contribution in [3.63, 3.8) is 0 Å². The van der Waals surface area contributed by atoms with Gasteiger partial charge in [0, 0.05) is 18.0 Å². The van der Waals surface area contributed by atoms with Crippen LogP contribution in [-0.4, -0.2) is 85.3 Å². The van der Waals surface area contributed by atoms with Crippen LogP contribution in [-0.2, 0) is 30.9 Å². The van der Waals surface area contributed by atoms with Gasteiger partial charge in [-0.15, -0.1) is 0 Å². The molecule has 4 aromatic rings. The summed E-state index contributed by atoms with van der Waals surface area (Å²) in [6.45, 7) is 6.80. The highest BCUT2D eigenvalue weighted by molar-refractivity contribution is 7.99. The molecule has 4 amide bonds. The summed E-state index contributed by atoms with van der Waals surface area (Å²) in [5.41, 5.74) is 1.18. The maximum Gasteiger partial charge on any atom is 0.330 e. The summed E-state index contributed by atoms with van der Waals surface area (Å²) in [7, 11) is -2.78. The molecule has 0 aliphatic carbocycles. The molecule has 0 aromatic heterocycles. The molecule has 0 saturated carbocycles. The second-order valence-corrected chi connectivity index (χ2v) is 22.6. The number of anilines is 1. The molecule has 4 aromatic carbocycles. The van der Waals surface area contributed by atoms with Gasteiger partial charge >= 0.3 is 6.03 Å². The number of carbonyl (C=O) groups excluding carboxylic acids is 3. The Morgan fingerprint density at radius 3 is 1.88 bits per heavy atom. The summed E-state index contributed by atoms with van der Waals surface area (Å²) < 4.78 is 48.9. The standard InChI is InChI=1S/C60H83N5O8S2/c1-5-8-10-12-14-15-16-17-18-19-20-21-22-23-24-33-43-64-56(61-50-37-29-32-40-54(50)75(64,69)70)55(65-58(67)59(72-7-3)63(60(65)68)46-47-35-27-26-28-36-47)57(66)62-49-42-41-48(71-4)45-53(49)74-52-39-31-30-38-51(52)73-44-34-25-13-11-9-6-2/h26-32,35-42,45,55,59H,5-25,33-34,43-44,46H2,1-4H3,(H,62,66). The molecule has 2 aliphatic heterocycles. The van der Waals surface area contributed by atoms with Crippen LogP contribution in [0, 0.1) is 0 Å². The van der Waals surface area contributed by atoms with E-state index in [1.165, 1.54) is 113 Å². The summed E-state index contributed by atoms with van der Waals surface area (Å²) in [4.78, 5) is 53.8. The number of carbonyl (C=O) groups is 3. The van der Waals surface area contributed by atoms with Crippen LogP contribution in [0.5, 0.6) is 11.5 Å². The van der Waals surface area contributed by atoms with Gasteiger partial charge in [-0.3, -0.25) is 18.8 Å². The van der Waals surface area contributed by atoms with Gasteiger partial charge in [-0.2, -0.15) is 0 Å². The number of para-hydroxylation sites is 2. The molecule has 6 rings (SSSR count). The number of amides is 4. The minimum absolute atomic E-state index is 0.00294. The number of nitrogens with one attached hydrogen (secondary N) is 1. The summed E-state index contributed by atoms with van der Waals surface area (Å²) in [5, 5.41) is 3.04. The molecule has 0 spiro atoms. The second-order valence-electron chi connectivity index (χ2n) is 19.6. The summed E-state index contributed by atoms with van der Waals surface area (Å²) in [5.74, 6) is -0.670. The quantitative estimate of drug-likeness (QED) is 0.0347. The number of methoxy groups -OCH3 is 1. The topological polar surface area (TPSA) is 147 Å². The van der Waals surface area contributed by atoms with Crippen molar-refractivity contribution in [2.45, 2.75) is 196 Å². The Morgan fingerprint density at radius 1 is 0.680 bits per heavy atom. The number of aliphatic imine (C=N–C) groups is 1. The lowest BCUT2D eigenvalue weighted by atomic mass is 10.0. The maximum atomic E-state index is 15.5. The van der Waals surface area contributed by atoms with Gasteiger partial charge in [-0.25, -0.2) is 23.1 Å². The number of nitrogens with zero attached hydrogens (tertiary/aromatic N) is 4. The normalized spacial score (nSPS) is 15.5. The largest absolute Gasteiger partial charge is 0.497 e. The molecular weight excluding hydrogens is 983 g/mol. The predicted octanol–water partition coefficient (Wildman–Crippen LogP) is 14.7. The van der Waals surface area contributed by atoms with Gasteiger partial charge in [-0.1, -0.05) is 209 Å². The highest BCUT2D eigenvalue weighted by atomic mass is 32.2. The van der Waals surface area contributed by atoms with E-state index in [2.05, 4.69) is 19.2 Å². The van der Waals surface area contributed by atoms with Crippen molar-refractivity contribution in [1.82, 2.24) is 14.1 Å². The number of rotatable bonds is 36. The van der Waals surface area contributed by atoms with Crippen molar-refractivity contribution in [2.24, 2.45) is 4.99 Å². The lowest BCUT2D eigenvalue weighted by Gasteiger charge is -2.35. The molecule has 2 heterocycles. The summed E-state index contributed by atoms with van der Waals surface area (Å²) >= 11 is 1.36. The Kier molecular flexibility index (Phi) is 24.8. The van der Waals surface area contributed by atoms with E-state index < -0.39 is 40.1 Å². The van der Waals surface area contributed by atoms with Crippen molar-refractivity contribution in [3.8, 4) is 11.5 Å². The van der Waals surface area contributed by atoms with Crippen LogP contribution in [0.15, 0.2) is 117 Å². The van der Waals surface area contributed by atoms with Crippen molar-refractivity contribution >= 4 is 56.8 Å². The zero-order valence-corrected chi connectivity index (χ0v) is 46.8. The lowest BCUT2D eigenvalue weighted by Crippen LogP contribution is -2.58. The van der Waals surface area contributed by atoms with Crippen LogP contribution >= 0.6 is 11.8 Å². The molecule has 0 bridgehead atoms. The van der Waals surface area contributed by atoms with E-state index in [4.69, 9.17) is 19.2 Å². The van der Waals surface area contributed by atoms with Gasteiger partial charge in [0.25, 0.3) is 21.8 Å². The summed E-state index contributed by atoms with van der Waals surface area (Å²) in [6, 6.07) is 25.8. The molecule has 2 aliphatic rings. The molecule has 75 heavy (non-hydrogen) atoms. The van der Waals surface area contributed by atoms with Gasteiger partial charge in [0.1, 0.15) is 16.4 Å². The third kappa shape index (κ3) is 17.1. The van der Waals surface area contributed by atoms with E-state index in [1.807, 2.05) is 54.6 Å². The van der Waals surface area contributed by atoms with Crippen molar-refractivity contribution in [3.05, 3.63) is 103 Å². The number of unbranched alkanes of at least 4 members (excludes halogenated alkanes) is 20. The first kappa shape index (κ1) is 58.9. The number of hydrogen-bond acceptors (Lipinski definition) is 10. The Hall–Kier alpha value is -5.38. The van der Waals surface area contributed by atoms with Gasteiger partial charge in [-0.05, 0) is 67.8 Å². The Labute approximate surface area is 452 Å². The predicted molar refractivity (Wildman–Crippen MR) is 301 cm³/mol. The van der Waals surface area contributed by atoms with E-state index in [1.54, 1.807) is 50.4 Å². The molecule has 1 fully saturated rings. The third-order valence-electron chi connectivity index (χ3n) is 13.9. The number of fused-ring (bicyclic) bond motifs is 1. The average Bonchev–Trinajstić information content (AvgIpc) is 3.64. The fraction of sp³-hybridized carbons (Fsp3) is 0.533. The molecule has 1 N–H and O–H groups in total. The Balaban J connectivity index is 1.27. The minimum Gasteiger partial charge on any atom is -0.497 e. The number of imide groups is 1. The Morgan fingerprint density at radius 2 is 1.25 bits per heavy atom. The smallest absolute Gasteiger partial charge is 0.330 e. The van der Waals surface area contributed by atoms with E-state index in [9.17, 15) is 18.0 Å². The minimum atomic E-state index is -4.34. The van der Waals surface area contributed by atoms with Crippen LogP contribution in [0.25, 0.3) is 0 Å². The zero-order valence-electron chi connectivity index (χ0n) is 45.1. The number of benzene rings is 4.